The Morgan fingerprint density at radius 2 is 1.74 bits per heavy atom. The molecule has 1 N–H and O–H groups in total. The van der Waals surface area contributed by atoms with Crippen molar-refractivity contribution in [2.45, 2.75) is 25.9 Å². The lowest BCUT2D eigenvalue weighted by molar-refractivity contribution is 0.113. The molecule has 1 unspecified atom stereocenters. The van der Waals surface area contributed by atoms with Crippen LogP contribution in [-0.2, 0) is 12.8 Å². The van der Waals surface area contributed by atoms with Crippen molar-refractivity contribution in [2.24, 2.45) is 5.92 Å². The van der Waals surface area contributed by atoms with E-state index >= 15 is 0 Å². The number of hydrogen-bond donors (Lipinski definition) is 1. The van der Waals surface area contributed by atoms with E-state index in [1.807, 2.05) is 25.1 Å². The maximum atomic E-state index is 10.5. The zero-order valence-corrected chi connectivity index (χ0v) is 11.7. The van der Waals surface area contributed by atoms with E-state index in [1.165, 1.54) is 11.1 Å². The summed E-state index contributed by atoms with van der Waals surface area (Å²) >= 11 is 6.14. The van der Waals surface area contributed by atoms with Crippen LogP contribution in [0.25, 0.3) is 0 Å². The third kappa shape index (κ3) is 2.41. The Labute approximate surface area is 118 Å². The summed E-state index contributed by atoms with van der Waals surface area (Å²) < 4.78 is 0. The first-order valence-corrected chi connectivity index (χ1v) is 7.04. The molecule has 3 rings (SSSR count). The van der Waals surface area contributed by atoms with Gasteiger partial charge in [-0.3, -0.25) is 0 Å². The van der Waals surface area contributed by atoms with Crippen LogP contribution < -0.4 is 0 Å². The zero-order valence-electron chi connectivity index (χ0n) is 10.9. The Morgan fingerprint density at radius 3 is 2.32 bits per heavy atom. The largest absolute Gasteiger partial charge is 0.388 e. The third-order valence-corrected chi connectivity index (χ3v) is 4.47. The second-order valence-corrected chi connectivity index (χ2v) is 5.80. The van der Waals surface area contributed by atoms with Crippen LogP contribution in [0.1, 0.15) is 28.4 Å². The van der Waals surface area contributed by atoms with Crippen molar-refractivity contribution in [1.29, 1.82) is 0 Å². The second kappa shape index (κ2) is 4.99. The molecule has 1 aliphatic rings. The summed E-state index contributed by atoms with van der Waals surface area (Å²) in [5.41, 5.74) is 4.70. The number of aryl methyl sites for hydroxylation is 1. The molecule has 0 bridgehead atoms. The lowest BCUT2D eigenvalue weighted by atomic mass is 9.93. The summed E-state index contributed by atoms with van der Waals surface area (Å²) in [5, 5.41) is 11.3. The number of aliphatic hydroxyl groups is 1. The van der Waals surface area contributed by atoms with E-state index in [-0.39, 0.29) is 5.92 Å². The van der Waals surface area contributed by atoms with Gasteiger partial charge >= 0.3 is 0 Å². The van der Waals surface area contributed by atoms with E-state index in [0.717, 1.165) is 29.0 Å². The molecule has 1 atom stereocenters. The van der Waals surface area contributed by atoms with Gasteiger partial charge in [0.25, 0.3) is 0 Å². The summed E-state index contributed by atoms with van der Waals surface area (Å²) in [5.74, 6) is 0.260. The number of rotatable bonds is 2. The molecule has 0 heterocycles. The monoisotopic (exact) mass is 272 g/mol. The van der Waals surface area contributed by atoms with Gasteiger partial charge in [0.15, 0.2) is 0 Å². The molecule has 2 aromatic rings. The van der Waals surface area contributed by atoms with Gasteiger partial charge in [-0.25, -0.2) is 0 Å². The average Bonchev–Trinajstić information content (AvgIpc) is 2.85. The SMILES string of the molecule is Cc1ccc(C(O)C2Cc3ccccc3C2)cc1Cl. The quantitative estimate of drug-likeness (QED) is 0.873. The van der Waals surface area contributed by atoms with Crippen molar-refractivity contribution >= 4 is 11.6 Å². The van der Waals surface area contributed by atoms with Gasteiger partial charge in [0.2, 0.25) is 0 Å². The van der Waals surface area contributed by atoms with Gasteiger partial charge in [-0.05, 0) is 54.0 Å². The van der Waals surface area contributed by atoms with Gasteiger partial charge in [0.1, 0.15) is 0 Å². The van der Waals surface area contributed by atoms with Crippen molar-refractivity contribution in [3.05, 3.63) is 69.7 Å². The molecule has 0 radical (unpaired) electrons. The molecule has 19 heavy (non-hydrogen) atoms. The fourth-order valence-electron chi connectivity index (χ4n) is 2.88. The molecule has 98 valence electrons. The van der Waals surface area contributed by atoms with Crippen LogP contribution in [0.5, 0.6) is 0 Å². The smallest absolute Gasteiger partial charge is 0.0825 e. The normalized spacial score (nSPS) is 16.4. The van der Waals surface area contributed by atoms with Gasteiger partial charge in [0.05, 0.1) is 6.10 Å². The molecule has 0 saturated heterocycles. The predicted octanol–water partition coefficient (Wildman–Crippen LogP) is 4.10. The van der Waals surface area contributed by atoms with Crippen LogP contribution in [0.2, 0.25) is 5.02 Å². The Morgan fingerprint density at radius 1 is 1.11 bits per heavy atom. The van der Waals surface area contributed by atoms with E-state index in [0.29, 0.717) is 0 Å². The van der Waals surface area contributed by atoms with E-state index < -0.39 is 6.10 Å². The molecule has 0 saturated carbocycles. The molecule has 0 spiro atoms. The van der Waals surface area contributed by atoms with Crippen LogP contribution in [0.3, 0.4) is 0 Å². The highest BCUT2D eigenvalue weighted by Gasteiger charge is 2.28. The Kier molecular flexibility index (Phi) is 3.34. The van der Waals surface area contributed by atoms with Crippen molar-refractivity contribution in [1.82, 2.24) is 0 Å². The second-order valence-electron chi connectivity index (χ2n) is 5.39. The predicted molar refractivity (Wildman–Crippen MR) is 78.5 cm³/mol. The molecule has 1 aliphatic carbocycles. The molecule has 0 amide bonds. The fraction of sp³-hybridized carbons (Fsp3) is 0.294. The topological polar surface area (TPSA) is 20.2 Å². The molecule has 1 nitrogen and oxygen atoms in total. The fourth-order valence-corrected chi connectivity index (χ4v) is 3.07. The van der Waals surface area contributed by atoms with Crippen LogP contribution in [-0.4, -0.2) is 5.11 Å². The molecule has 0 aliphatic heterocycles. The van der Waals surface area contributed by atoms with Crippen molar-refractivity contribution in [3.8, 4) is 0 Å². The van der Waals surface area contributed by atoms with E-state index in [9.17, 15) is 5.11 Å². The van der Waals surface area contributed by atoms with Gasteiger partial charge in [-0.2, -0.15) is 0 Å². The van der Waals surface area contributed by atoms with Crippen LogP contribution in [0.15, 0.2) is 42.5 Å². The standard InChI is InChI=1S/C17H17ClO/c1-11-6-7-14(10-16(11)18)17(19)15-8-12-4-2-3-5-13(12)9-15/h2-7,10,15,17,19H,8-9H2,1H3. The highest BCUT2D eigenvalue weighted by molar-refractivity contribution is 6.31. The van der Waals surface area contributed by atoms with E-state index in [1.54, 1.807) is 0 Å². The maximum absolute atomic E-state index is 10.5. The highest BCUT2D eigenvalue weighted by atomic mass is 35.5. The van der Waals surface area contributed by atoms with Gasteiger partial charge in [-0.15, -0.1) is 0 Å². The average molecular weight is 273 g/mol. The molecular weight excluding hydrogens is 256 g/mol. The van der Waals surface area contributed by atoms with Gasteiger partial charge in [0, 0.05) is 5.02 Å². The van der Waals surface area contributed by atoms with E-state index in [4.69, 9.17) is 11.6 Å². The molecule has 0 aromatic heterocycles. The highest BCUT2D eigenvalue weighted by Crippen LogP contribution is 2.36. The van der Waals surface area contributed by atoms with Crippen LogP contribution in [0.4, 0.5) is 0 Å². The summed E-state index contributed by atoms with van der Waals surface area (Å²) in [6.45, 7) is 1.98. The number of fused-ring (bicyclic) bond motifs is 1. The molecule has 0 fully saturated rings. The summed E-state index contributed by atoms with van der Waals surface area (Å²) in [7, 11) is 0. The Bertz CT molecular complexity index is 581. The van der Waals surface area contributed by atoms with Gasteiger partial charge in [-0.1, -0.05) is 48.0 Å². The lowest BCUT2D eigenvalue weighted by Crippen LogP contribution is -2.12. The number of benzene rings is 2. The van der Waals surface area contributed by atoms with Crippen molar-refractivity contribution < 1.29 is 5.11 Å². The zero-order chi connectivity index (χ0) is 13.4. The molecule has 2 heteroatoms. The van der Waals surface area contributed by atoms with Crippen LogP contribution in [0, 0.1) is 12.8 Å². The number of aliphatic hydroxyl groups excluding tert-OH is 1. The summed E-state index contributed by atoms with van der Waals surface area (Å²) in [6.07, 6.45) is 1.46. The maximum Gasteiger partial charge on any atom is 0.0825 e. The molecule has 2 aromatic carbocycles. The minimum absolute atomic E-state index is 0.260. The van der Waals surface area contributed by atoms with E-state index in [2.05, 4.69) is 24.3 Å². The Hall–Kier alpha value is -1.31. The summed E-state index contributed by atoms with van der Waals surface area (Å²) in [4.78, 5) is 0. The first-order valence-electron chi connectivity index (χ1n) is 6.66. The Balaban J connectivity index is 1.82. The number of hydrogen-bond acceptors (Lipinski definition) is 1. The van der Waals surface area contributed by atoms with Crippen LogP contribution >= 0.6 is 11.6 Å². The third-order valence-electron chi connectivity index (χ3n) is 4.07. The summed E-state index contributed by atoms with van der Waals surface area (Å²) in [6, 6.07) is 14.3. The first kappa shape index (κ1) is 12.7. The first-order chi connectivity index (χ1) is 9.15. The van der Waals surface area contributed by atoms with Crippen molar-refractivity contribution in [3.63, 3.8) is 0 Å². The molecular formula is C17H17ClO. The number of halogens is 1. The van der Waals surface area contributed by atoms with Crippen molar-refractivity contribution in [2.75, 3.05) is 0 Å². The minimum atomic E-state index is -0.439. The lowest BCUT2D eigenvalue weighted by Gasteiger charge is -2.18. The minimum Gasteiger partial charge on any atom is -0.388 e. The van der Waals surface area contributed by atoms with Gasteiger partial charge < -0.3 is 5.11 Å².